The van der Waals surface area contributed by atoms with E-state index in [1.807, 2.05) is 11.8 Å². The van der Waals surface area contributed by atoms with Crippen LogP contribution in [0.2, 0.25) is 0 Å². The van der Waals surface area contributed by atoms with Crippen molar-refractivity contribution in [3.05, 3.63) is 0 Å². The fraction of sp³-hybridized carbons (Fsp3) is 0.929. The molecule has 0 aromatic heterocycles. The molecule has 1 fully saturated rings. The van der Waals surface area contributed by atoms with Gasteiger partial charge in [0.25, 0.3) is 0 Å². The van der Waals surface area contributed by atoms with Crippen LogP contribution in [0.15, 0.2) is 0 Å². The van der Waals surface area contributed by atoms with Crippen molar-refractivity contribution in [3.63, 3.8) is 0 Å². The minimum absolute atomic E-state index is 0.305. The molecule has 0 saturated heterocycles. The lowest BCUT2D eigenvalue weighted by molar-refractivity contribution is 0.323. The fourth-order valence-corrected chi connectivity index (χ4v) is 3.92. The standard InChI is InChI=1S/C14H26N2S/c1-3-16(4-2)10-11-17-14-9-7-5-6-8-13(14)12-15/h13-14H,3-11H2,1-2H3. The minimum atomic E-state index is 0.305. The Morgan fingerprint density at radius 2 is 1.88 bits per heavy atom. The van der Waals surface area contributed by atoms with Crippen molar-refractivity contribution in [2.45, 2.75) is 51.2 Å². The Balaban J connectivity index is 2.30. The van der Waals surface area contributed by atoms with E-state index in [1.54, 1.807) is 0 Å². The number of hydrogen-bond acceptors (Lipinski definition) is 3. The molecule has 0 aromatic carbocycles. The van der Waals surface area contributed by atoms with Gasteiger partial charge in [-0.1, -0.05) is 33.1 Å². The van der Waals surface area contributed by atoms with Gasteiger partial charge in [-0.05, 0) is 25.9 Å². The van der Waals surface area contributed by atoms with Crippen LogP contribution in [0.4, 0.5) is 0 Å². The summed E-state index contributed by atoms with van der Waals surface area (Å²) >= 11 is 2.04. The van der Waals surface area contributed by atoms with Crippen molar-refractivity contribution in [2.24, 2.45) is 5.92 Å². The Hall–Kier alpha value is -0.200. The summed E-state index contributed by atoms with van der Waals surface area (Å²) in [5.41, 5.74) is 0. The molecule has 0 spiro atoms. The molecule has 0 aromatic rings. The second kappa shape index (κ2) is 8.83. The third-order valence-electron chi connectivity index (χ3n) is 3.75. The highest BCUT2D eigenvalue weighted by Crippen LogP contribution is 2.31. The largest absolute Gasteiger partial charge is 0.303 e. The Bertz CT molecular complexity index is 233. The van der Waals surface area contributed by atoms with Gasteiger partial charge in [0.15, 0.2) is 0 Å². The number of hydrogen-bond donors (Lipinski definition) is 0. The molecule has 0 amide bonds. The van der Waals surface area contributed by atoms with E-state index in [1.165, 1.54) is 38.0 Å². The van der Waals surface area contributed by atoms with Crippen molar-refractivity contribution in [1.82, 2.24) is 4.90 Å². The number of nitriles is 1. The SMILES string of the molecule is CCN(CC)CCSC1CCCCCC1C#N. The Kier molecular flexibility index (Phi) is 7.72. The Morgan fingerprint density at radius 1 is 1.18 bits per heavy atom. The van der Waals surface area contributed by atoms with E-state index in [0.29, 0.717) is 11.2 Å². The summed E-state index contributed by atoms with van der Waals surface area (Å²) < 4.78 is 0. The summed E-state index contributed by atoms with van der Waals surface area (Å²) in [4.78, 5) is 2.46. The van der Waals surface area contributed by atoms with Crippen molar-refractivity contribution in [1.29, 1.82) is 5.26 Å². The molecule has 2 unspecified atom stereocenters. The molecule has 3 heteroatoms. The van der Waals surface area contributed by atoms with Crippen LogP contribution < -0.4 is 0 Å². The lowest BCUT2D eigenvalue weighted by Gasteiger charge is -2.22. The summed E-state index contributed by atoms with van der Waals surface area (Å²) in [5.74, 6) is 1.49. The molecular weight excluding hydrogens is 228 g/mol. The van der Waals surface area contributed by atoms with Gasteiger partial charge in [-0.15, -0.1) is 0 Å². The molecular formula is C14H26N2S. The van der Waals surface area contributed by atoms with Crippen LogP contribution in [-0.4, -0.2) is 35.5 Å². The third kappa shape index (κ3) is 5.31. The monoisotopic (exact) mass is 254 g/mol. The van der Waals surface area contributed by atoms with Gasteiger partial charge in [0.05, 0.1) is 12.0 Å². The average Bonchev–Trinajstić information content (AvgIpc) is 2.59. The maximum absolute atomic E-state index is 9.21. The first-order valence-electron chi connectivity index (χ1n) is 7.05. The van der Waals surface area contributed by atoms with Crippen molar-refractivity contribution in [2.75, 3.05) is 25.4 Å². The van der Waals surface area contributed by atoms with Crippen LogP contribution in [0.1, 0.15) is 46.0 Å². The van der Waals surface area contributed by atoms with E-state index in [2.05, 4.69) is 24.8 Å². The summed E-state index contributed by atoms with van der Waals surface area (Å²) in [6.45, 7) is 7.90. The maximum Gasteiger partial charge on any atom is 0.0667 e. The molecule has 0 N–H and O–H groups in total. The molecule has 1 aliphatic carbocycles. The topological polar surface area (TPSA) is 27.0 Å². The maximum atomic E-state index is 9.21. The van der Waals surface area contributed by atoms with E-state index < -0.39 is 0 Å². The van der Waals surface area contributed by atoms with Crippen molar-refractivity contribution in [3.8, 4) is 6.07 Å². The van der Waals surface area contributed by atoms with Gasteiger partial charge in [-0.3, -0.25) is 0 Å². The second-order valence-electron chi connectivity index (χ2n) is 4.81. The smallest absolute Gasteiger partial charge is 0.0667 e. The van der Waals surface area contributed by atoms with Gasteiger partial charge in [0, 0.05) is 17.5 Å². The molecule has 2 atom stereocenters. The first-order valence-corrected chi connectivity index (χ1v) is 8.10. The van der Waals surface area contributed by atoms with Gasteiger partial charge in [0.2, 0.25) is 0 Å². The first kappa shape index (κ1) is 14.9. The highest BCUT2D eigenvalue weighted by molar-refractivity contribution is 7.99. The summed E-state index contributed by atoms with van der Waals surface area (Å²) in [7, 11) is 0. The van der Waals surface area contributed by atoms with E-state index in [-0.39, 0.29) is 0 Å². The Morgan fingerprint density at radius 3 is 2.53 bits per heavy atom. The average molecular weight is 254 g/mol. The fourth-order valence-electron chi connectivity index (χ4n) is 2.49. The quantitative estimate of drug-likeness (QED) is 0.678. The molecule has 1 rings (SSSR count). The number of nitrogens with zero attached hydrogens (tertiary/aromatic N) is 2. The van der Waals surface area contributed by atoms with Gasteiger partial charge < -0.3 is 4.90 Å². The zero-order valence-electron chi connectivity index (χ0n) is 11.3. The predicted octanol–water partition coefficient (Wildman–Crippen LogP) is 3.53. The summed E-state index contributed by atoms with van der Waals surface area (Å²) in [5, 5.41) is 9.81. The molecule has 1 saturated carbocycles. The molecule has 2 nitrogen and oxygen atoms in total. The molecule has 98 valence electrons. The third-order valence-corrected chi connectivity index (χ3v) is 5.16. The van der Waals surface area contributed by atoms with Crippen LogP contribution >= 0.6 is 11.8 Å². The van der Waals surface area contributed by atoms with E-state index in [9.17, 15) is 5.26 Å². The summed E-state index contributed by atoms with van der Waals surface area (Å²) in [6, 6.07) is 2.53. The van der Waals surface area contributed by atoms with Gasteiger partial charge in [0.1, 0.15) is 0 Å². The van der Waals surface area contributed by atoms with E-state index in [0.717, 1.165) is 19.5 Å². The van der Waals surface area contributed by atoms with Crippen LogP contribution in [0.25, 0.3) is 0 Å². The van der Waals surface area contributed by atoms with Crippen LogP contribution in [-0.2, 0) is 0 Å². The molecule has 17 heavy (non-hydrogen) atoms. The Labute approximate surface area is 111 Å². The zero-order valence-corrected chi connectivity index (χ0v) is 12.1. The molecule has 0 radical (unpaired) electrons. The van der Waals surface area contributed by atoms with Gasteiger partial charge >= 0.3 is 0 Å². The van der Waals surface area contributed by atoms with E-state index in [4.69, 9.17) is 0 Å². The van der Waals surface area contributed by atoms with E-state index >= 15 is 0 Å². The number of thioether (sulfide) groups is 1. The molecule has 0 heterocycles. The molecule has 0 bridgehead atoms. The lowest BCUT2D eigenvalue weighted by atomic mass is 10.0. The van der Waals surface area contributed by atoms with Crippen LogP contribution in [0, 0.1) is 17.2 Å². The molecule has 0 aliphatic heterocycles. The minimum Gasteiger partial charge on any atom is -0.303 e. The second-order valence-corrected chi connectivity index (χ2v) is 6.16. The lowest BCUT2D eigenvalue weighted by Crippen LogP contribution is -2.26. The highest BCUT2D eigenvalue weighted by Gasteiger charge is 2.23. The highest BCUT2D eigenvalue weighted by atomic mass is 32.2. The summed E-state index contributed by atoms with van der Waals surface area (Å²) in [6.07, 6.45) is 6.28. The number of rotatable bonds is 6. The predicted molar refractivity (Wildman–Crippen MR) is 76.2 cm³/mol. The molecule has 1 aliphatic rings. The van der Waals surface area contributed by atoms with Gasteiger partial charge in [-0.2, -0.15) is 17.0 Å². The van der Waals surface area contributed by atoms with Crippen molar-refractivity contribution < 1.29 is 0 Å². The van der Waals surface area contributed by atoms with Gasteiger partial charge in [-0.25, -0.2) is 0 Å². The van der Waals surface area contributed by atoms with Crippen LogP contribution in [0.3, 0.4) is 0 Å². The van der Waals surface area contributed by atoms with Crippen LogP contribution in [0.5, 0.6) is 0 Å². The van der Waals surface area contributed by atoms with Crippen molar-refractivity contribution >= 4 is 11.8 Å². The first-order chi connectivity index (χ1) is 8.31. The normalized spacial score (nSPS) is 25.5. The zero-order chi connectivity index (χ0) is 12.5.